The molecule has 1 aliphatic rings. The number of nitrogens with zero attached hydrogens (tertiary/aromatic N) is 1. The van der Waals surface area contributed by atoms with Crippen LogP contribution >= 0.6 is 23.2 Å². The third kappa shape index (κ3) is 4.04. The van der Waals surface area contributed by atoms with Crippen LogP contribution in [0.2, 0.25) is 10.0 Å². The molecule has 0 bridgehead atoms. The average Bonchev–Trinajstić information content (AvgIpc) is 2.59. The third-order valence-electron chi connectivity index (χ3n) is 4.33. The summed E-state index contributed by atoms with van der Waals surface area (Å²) in [6.45, 7) is 2.23. The highest BCUT2D eigenvalue weighted by Gasteiger charge is 2.23. The molecule has 1 amide bonds. The fourth-order valence-electron chi connectivity index (χ4n) is 2.99. The van der Waals surface area contributed by atoms with Crippen molar-refractivity contribution in [3.63, 3.8) is 0 Å². The Labute approximate surface area is 163 Å². The Bertz CT molecular complexity index is 961. The molecule has 2 aromatic rings. The predicted octanol–water partition coefficient (Wildman–Crippen LogP) is 3.77. The van der Waals surface area contributed by atoms with Crippen LogP contribution in [-0.2, 0) is 27.8 Å². The van der Waals surface area contributed by atoms with Crippen LogP contribution in [0.25, 0.3) is 0 Å². The van der Waals surface area contributed by atoms with Gasteiger partial charge in [-0.3, -0.25) is 4.79 Å². The standard InChI is InChI=1S/C18H18Cl2N2O3S/c1-12(23)22-8-2-3-13-9-16(6-7-18(13)22)26(24,25)21-11-14-4-5-15(19)10-17(14)20/h4-7,9-10,21H,2-3,8,11H2,1H3. The second-order valence-electron chi connectivity index (χ2n) is 6.13. The van der Waals surface area contributed by atoms with Gasteiger partial charge in [0.2, 0.25) is 15.9 Å². The Balaban J connectivity index is 1.82. The number of carbonyl (C=O) groups is 1. The van der Waals surface area contributed by atoms with Crippen molar-refractivity contribution in [1.29, 1.82) is 0 Å². The van der Waals surface area contributed by atoms with E-state index in [0.717, 1.165) is 24.1 Å². The Morgan fingerprint density at radius 3 is 2.65 bits per heavy atom. The number of halogens is 2. The fraction of sp³-hybridized carbons (Fsp3) is 0.278. The molecule has 5 nitrogen and oxygen atoms in total. The molecule has 0 saturated heterocycles. The van der Waals surface area contributed by atoms with Crippen LogP contribution in [-0.4, -0.2) is 20.9 Å². The zero-order valence-corrected chi connectivity index (χ0v) is 16.5. The number of hydrogen-bond donors (Lipinski definition) is 1. The van der Waals surface area contributed by atoms with Crippen molar-refractivity contribution in [2.24, 2.45) is 0 Å². The molecule has 138 valence electrons. The third-order valence-corrected chi connectivity index (χ3v) is 6.31. The molecular weight excluding hydrogens is 395 g/mol. The first-order valence-electron chi connectivity index (χ1n) is 8.12. The quantitative estimate of drug-likeness (QED) is 0.830. The molecule has 1 aliphatic heterocycles. The molecule has 0 fully saturated rings. The van der Waals surface area contributed by atoms with E-state index < -0.39 is 10.0 Å². The normalized spacial score (nSPS) is 14.2. The van der Waals surface area contributed by atoms with Gasteiger partial charge < -0.3 is 4.90 Å². The van der Waals surface area contributed by atoms with E-state index in [4.69, 9.17) is 23.2 Å². The van der Waals surface area contributed by atoms with Crippen LogP contribution < -0.4 is 9.62 Å². The van der Waals surface area contributed by atoms with Crippen molar-refractivity contribution in [2.75, 3.05) is 11.4 Å². The lowest BCUT2D eigenvalue weighted by Crippen LogP contribution is -2.33. The molecule has 8 heteroatoms. The second kappa shape index (κ2) is 7.56. The molecule has 0 unspecified atom stereocenters. The smallest absolute Gasteiger partial charge is 0.240 e. The minimum atomic E-state index is -3.70. The van der Waals surface area contributed by atoms with Gasteiger partial charge in [-0.2, -0.15) is 0 Å². The number of rotatable bonds is 4. The van der Waals surface area contributed by atoms with Crippen LogP contribution in [0.15, 0.2) is 41.3 Å². The van der Waals surface area contributed by atoms with Crippen LogP contribution in [0, 0.1) is 0 Å². The first-order valence-corrected chi connectivity index (χ1v) is 10.4. The van der Waals surface area contributed by atoms with E-state index in [1.54, 1.807) is 35.2 Å². The number of aryl methyl sites for hydroxylation is 1. The molecule has 0 atom stereocenters. The van der Waals surface area contributed by atoms with Crippen molar-refractivity contribution in [3.05, 3.63) is 57.6 Å². The van der Waals surface area contributed by atoms with Gasteiger partial charge in [0.05, 0.1) is 4.90 Å². The maximum absolute atomic E-state index is 12.6. The fourth-order valence-corrected chi connectivity index (χ4v) is 4.52. The first kappa shape index (κ1) is 19.2. The maximum atomic E-state index is 12.6. The highest BCUT2D eigenvalue weighted by Crippen LogP contribution is 2.29. The van der Waals surface area contributed by atoms with E-state index in [1.165, 1.54) is 13.0 Å². The van der Waals surface area contributed by atoms with Crippen molar-refractivity contribution in [1.82, 2.24) is 4.72 Å². The number of amides is 1. The van der Waals surface area contributed by atoms with Crippen molar-refractivity contribution in [3.8, 4) is 0 Å². The summed E-state index contributed by atoms with van der Waals surface area (Å²) in [6.07, 6.45) is 1.55. The second-order valence-corrected chi connectivity index (χ2v) is 8.74. The molecule has 0 spiro atoms. The summed E-state index contributed by atoms with van der Waals surface area (Å²) in [5.74, 6) is -0.0444. The molecule has 1 N–H and O–H groups in total. The minimum absolute atomic E-state index is 0.0444. The topological polar surface area (TPSA) is 66.5 Å². The van der Waals surface area contributed by atoms with Gasteiger partial charge in [0.1, 0.15) is 0 Å². The number of nitrogens with one attached hydrogen (secondary N) is 1. The van der Waals surface area contributed by atoms with E-state index in [1.807, 2.05) is 0 Å². The molecular formula is C18H18Cl2N2O3S. The summed E-state index contributed by atoms with van der Waals surface area (Å²) < 4.78 is 27.8. The molecule has 2 aromatic carbocycles. The lowest BCUT2D eigenvalue weighted by molar-refractivity contribution is -0.116. The zero-order chi connectivity index (χ0) is 18.9. The van der Waals surface area contributed by atoms with E-state index >= 15 is 0 Å². The van der Waals surface area contributed by atoms with Crippen LogP contribution in [0.3, 0.4) is 0 Å². The van der Waals surface area contributed by atoms with Crippen LogP contribution in [0.5, 0.6) is 0 Å². The van der Waals surface area contributed by atoms with Gasteiger partial charge in [-0.25, -0.2) is 13.1 Å². The van der Waals surface area contributed by atoms with E-state index in [0.29, 0.717) is 22.2 Å². The number of anilines is 1. The van der Waals surface area contributed by atoms with Gasteiger partial charge >= 0.3 is 0 Å². The van der Waals surface area contributed by atoms with Crippen LogP contribution in [0.4, 0.5) is 5.69 Å². The first-order chi connectivity index (χ1) is 12.3. The van der Waals surface area contributed by atoms with Gasteiger partial charge in [0.15, 0.2) is 0 Å². The molecule has 26 heavy (non-hydrogen) atoms. The van der Waals surface area contributed by atoms with Gasteiger partial charge in [-0.1, -0.05) is 29.3 Å². The van der Waals surface area contributed by atoms with Crippen molar-refractivity contribution >= 4 is 44.8 Å². The molecule has 1 heterocycles. The van der Waals surface area contributed by atoms with E-state index in [9.17, 15) is 13.2 Å². The highest BCUT2D eigenvalue weighted by atomic mass is 35.5. The summed E-state index contributed by atoms with van der Waals surface area (Å²) in [7, 11) is -3.70. The molecule has 0 radical (unpaired) electrons. The lowest BCUT2D eigenvalue weighted by Gasteiger charge is -2.28. The highest BCUT2D eigenvalue weighted by molar-refractivity contribution is 7.89. The maximum Gasteiger partial charge on any atom is 0.240 e. The van der Waals surface area contributed by atoms with Crippen molar-refractivity contribution in [2.45, 2.75) is 31.2 Å². The Kier molecular flexibility index (Phi) is 5.58. The lowest BCUT2D eigenvalue weighted by atomic mass is 10.0. The summed E-state index contributed by atoms with van der Waals surface area (Å²) in [4.78, 5) is 13.6. The number of fused-ring (bicyclic) bond motifs is 1. The number of sulfonamides is 1. The van der Waals surface area contributed by atoms with E-state index in [2.05, 4.69) is 4.72 Å². The minimum Gasteiger partial charge on any atom is -0.312 e. The molecule has 0 aliphatic carbocycles. The van der Waals surface area contributed by atoms with Gasteiger partial charge in [-0.15, -0.1) is 0 Å². The van der Waals surface area contributed by atoms with Crippen molar-refractivity contribution < 1.29 is 13.2 Å². The average molecular weight is 413 g/mol. The monoisotopic (exact) mass is 412 g/mol. The summed E-state index contributed by atoms with van der Waals surface area (Å²) in [5, 5.41) is 0.897. The largest absolute Gasteiger partial charge is 0.312 e. The summed E-state index contributed by atoms with van der Waals surface area (Å²) >= 11 is 11.9. The molecule has 3 rings (SSSR count). The number of benzene rings is 2. The zero-order valence-electron chi connectivity index (χ0n) is 14.1. The van der Waals surface area contributed by atoms with Gasteiger partial charge in [0, 0.05) is 35.7 Å². The summed E-state index contributed by atoms with van der Waals surface area (Å²) in [5.41, 5.74) is 2.28. The van der Waals surface area contributed by atoms with E-state index in [-0.39, 0.29) is 17.3 Å². The summed E-state index contributed by atoms with van der Waals surface area (Å²) in [6, 6.07) is 9.76. The Morgan fingerprint density at radius 2 is 1.96 bits per heavy atom. The van der Waals surface area contributed by atoms with Gasteiger partial charge in [-0.05, 0) is 54.3 Å². The SMILES string of the molecule is CC(=O)N1CCCc2cc(S(=O)(=O)NCc3ccc(Cl)cc3Cl)ccc21. The number of carbonyl (C=O) groups excluding carboxylic acids is 1. The predicted molar refractivity (Wildman–Crippen MR) is 103 cm³/mol. The number of hydrogen-bond acceptors (Lipinski definition) is 3. The Morgan fingerprint density at radius 1 is 1.19 bits per heavy atom. The van der Waals surface area contributed by atoms with Crippen LogP contribution in [0.1, 0.15) is 24.5 Å². The Hall–Kier alpha value is -1.60. The molecule has 0 saturated carbocycles. The van der Waals surface area contributed by atoms with Gasteiger partial charge in [0.25, 0.3) is 0 Å². The molecule has 0 aromatic heterocycles.